The number of likely N-dealkylation sites (N-methyl/N-ethyl adjacent to an activating group) is 1. The number of halogens is 1. The van der Waals surface area contributed by atoms with Gasteiger partial charge in [0.25, 0.3) is 0 Å². The number of anilines is 1. The molecule has 0 radical (unpaired) electrons. The normalized spacial score (nSPS) is 11.7. The minimum atomic E-state index is -1.70. The minimum Gasteiger partial charge on any atom is -0.445 e. The molecule has 3 rings (SSSR count). The molecule has 0 heterocycles. The summed E-state index contributed by atoms with van der Waals surface area (Å²) in [5.74, 6) is -0.589. The number of aryl methyl sites for hydroxylation is 1. The molecular weight excluding hydrogens is 451 g/mol. The third kappa shape index (κ3) is 8.20. The van der Waals surface area contributed by atoms with Crippen LogP contribution < -0.4 is 5.32 Å². The molecule has 0 aromatic heterocycles. The topological polar surface area (TPSA) is 99.1 Å². The van der Waals surface area contributed by atoms with E-state index >= 15 is 0 Å². The summed E-state index contributed by atoms with van der Waals surface area (Å²) in [7, 11) is 1.47. The number of rotatable bonds is 10. The zero-order valence-electron chi connectivity index (χ0n) is 19.4. The van der Waals surface area contributed by atoms with Gasteiger partial charge in [0, 0.05) is 12.7 Å². The van der Waals surface area contributed by atoms with Crippen molar-refractivity contribution in [2.75, 3.05) is 12.4 Å². The number of hydrogen-bond acceptors (Lipinski definition) is 5. The number of carbonyl (C=O) groups excluding carboxylic acids is 2. The maximum absolute atomic E-state index is 13.0. The van der Waals surface area contributed by atoms with Crippen molar-refractivity contribution in [3.05, 3.63) is 101 Å². The SMILES string of the molecule is CN(C(=O)OCc1ccc(NC(=O)Cc2ccc(F)cc2)cc1)[C@@H](CCc1ccccc1)C(O)O. The van der Waals surface area contributed by atoms with Crippen molar-refractivity contribution in [1.82, 2.24) is 4.90 Å². The Labute approximate surface area is 203 Å². The quantitative estimate of drug-likeness (QED) is 0.383. The van der Waals surface area contributed by atoms with Crippen LogP contribution in [0.15, 0.2) is 78.9 Å². The van der Waals surface area contributed by atoms with Crippen molar-refractivity contribution in [2.24, 2.45) is 0 Å². The van der Waals surface area contributed by atoms with Crippen LogP contribution in [0.2, 0.25) is 0 Å². The molecule has 0 unspecified atom stereocenters. The van der Waals surface area contributed by atoms with Gasteiger partial charge in [-0.2, -0.15) is 0 Å². The van der Waals surface area contributed by atoms with Crippen molar-refractivity contribution in [1.29, 1.82) is 0 Å². The lowest BCUT2D eigenvalue weighted by Gasteiger charge is -2.29. The maximum Gasteiger partial charge on any atom is 0.410 e. The fraction of sp³-hybridized carbons (Fsp3) is 0.259. The number of nitrogens with one attached hydrogen (secondary N) is 1. The van der Waals surface area contributed by atoms with E-state index in [-0.39, 0.29) is 24.8 Å². The molecule has 2 amide bonds. The summed E-state index contributed by atoms with van der Waals surface area (Å²) in [6.45, 7) is -0.0140. The number of aliphatic hydroxyl groups excluding tert-OH is 1. The summed E-state index contributed by atoms with van der Waals surface area (Å²) in [5, 5.41) is 22.3. The molecule has 7 nitrogen and oxygen atoms in total. The number of carbonyl (C=O) groups is 2. The molecule has 0 saturated carbocycles. The average molecular weight is 481 g/mol. The lowest BCUT2D eigenvalue weighted by Crippen LogP contribution is -2.45. The van der Waals surface area contributed by atoms with Gasteiger partial charge in [0.05, 0.1) is 12.5 Å². The summed E-state index contributed by atoms with van der Waals surface area (Å²) < 4.78 is 18.3. The van der Waals surface area contributed by atoms with Gasteiger partial charge in [-0.3, -0.25) is 4.79 Å². The van der Waals surface area contributed by atoms with Gasteiger partial charge in [-0.1, -0.05) is 54.6 Å². The Bertz CT molecular complexity index is 1090. The second-order valence-corrected chi connectivity index (χ2v) is 8.22. The predicted octanol–water partition coefficient (Wildman–Crippen LogP) is 3.89. The van der Waals surface area contributed by atoms with E-state index in [0.717, 1.165) is 5.56 Å². The van der Waals surface area contributed by atoms with Gasteiger partial charge in [-0.05, 0) is 53.8 Å². The fourth-order valence-corrected chi connectivity index (χ4v) is 3.56. The summed E-state index contributed by atoms with van der Waals surface area (Å²) in [5.41, 5.74) is 3.01. The van der Waals surface area contributed by atoms with Gasteiger partial charge in [-0.25, -0.2) is 9.18 Å². The second kappa shape index (κ2) is 12.6. The molecule has 1 atom stereocenters. The standard InChI is InChI=1S/C27H29FN2O5/c1-30(24(26(32)33)16-11-19-5-3-2-4-6-19)27(34)35-18-21-9-14-23(15-10-21)29-25(31)17-20-7-12-22(28)13-8-20/h2-10,12-15,24,26,32-33H,11,16-18H2,1H3,(H,29,31)/t24-/m0/s1. The summed E-state index contributed by atoms with van der Waals surface area (Å²) in [6, 6.07) is 21.3. The highest BCUT2D eigenvalue weighted by Crippen LogP contribution is 2.15. The highest BCUT2D eigenvalue weighted by atomic mass is 19.1. The molecule has 3 N–H and O–H groups in total. The van der Waals surface area contributed by atoms with Crippen LogP contribution in [0.5, 0.6) is 0 Å². The molecule has 0 spiro atoms. The number of benzene rings is 3. The van der Waals surface area contributed by atoms with Crippen LogP contribution in [0.3, 0.4) is 0 Å². The average Bonchev–Trinajstić information content (AvgIpc) is 2.85. The van der Waals surface area contributed by atoms with Gasteiger partial charge in [0.1, 0.15) is 12.4 Å². The van der Waals surface area contributed by atoms with Crippen LogP contribution >= 0.6 is 0 Å². The number of aliphatic hydroxyl groups is 2. The van der Waals surface area contributed by atoms with Crippen molar-refractivity contribution < 1.29 is 28.9 Å². The zero-order valence-corrected chi connectivity index (χ0v) is 19.4. The van der Waals surface area contributed by atoms with Crippen molar-refractivity contribution >= 4 is 17.7 Å². The lowest BCUT2D eigenvalue weighted by atomic mass is 10.0. The van der Waals surface area contributed by atoms with Gasteiger partial charge < -0.3 is 25.2 Å². The second-order valence-electron chi connectivity index (χ2n) is 8.22. The van der Waals surface area contributed by atoms with Gasteiger partial charge >= 0.3 is 6.09 Å². The van der Waals surface area contributed by atoms with Crippen LogP contribution in [-0.2, 0) is 29.0 Å². The molecule has 0 aliphatic rings. The Hall–Kier alpha value is -3.75. The first-order valence-corrected chi connectivity index (χ1v) is 11.2. The molecule has 3 aromatic carbocycles. The van der Waals surface area contributed by atoms with E-state index in [1.165, 1.54) is 24.1 Å². The molecule has 35 heavy (non-hydrogen) atoms. The molecule has 8 heteroatoms. The van der Waals surface area contributed by atoms with E-state index in [9.17, 15) is 24.2 Å². The highest BCUT2D eigenvalue weighted by molar-refractivity contribution is 5.92. The molecule has 184 valence electrons. The van der Waals surface area contributed by atoms with E-state index in [0.29, 0.717) is 29.7 Å². The summed E-state index contributed by atoms with van der Waals surface area (Å²) in [4.78, 5) is 25.9. The van der Waals surface area contributed by atoms with Crippen LogP contribution in [0, 0.1) is 5.82 Å². The van der Waals surface area contributed by atoms with E-state index in [2.05, 4.69) is 5.32 Å². The van der Waals surface area contributed by atoms with Gasteiger partial charge in [-0.15, -0.1) is 0 Å². The van der Waals surface area contributed by atoms with Gasteiger partial charge in [0.15, 0.2) is 6.29 Å². The Morgan fingerprint density at radius 2 is 1.54 bits per heavy atom. The molecule has 0 aliphatic carbocycles. The maximum atomic E-state index is 13.0. The summed E-state index contributed by atoms with van der Waals surface area (Å²) >= 11 is 0. The number of hydrogen-bond donors (Lipinski definition) is 3. The van der Waals surface area contributed by atoms with Crippen LogP contribution in [0.4, 0.5) is 14.9 Å². The lowest BCUT2D eigenvalue weighted by molar-refractivity contribution is -0.115. The van der Waals surface area contributed by atoms with E-state index in [1.807, 2.05) is 30.3 Å². The van der Waals surface area contributed by atoms with E-state index in [4.69, 9.17) is 4.74 Å². The first-order chi connectivity index (χ1) is 16.8. The Morgan fingerprint density at radius 1 is 0.914 bits per heavy atom. The predicted molar refractivity (Wildman–Crippen MR) is 130 cm³/mol. The first-order valence-electron chi connectivity index (χ1n) is 11.2. The zero-order chi connectivity index (χ0) is 25.2. The number of amides is 2. The monoisotopic (exact) mass is 480 g/mol. The smallest absolute Gasteiger partial charge is 0.410 e. The number of ether oxygens (including phenoxy) is 1. The number of nitrogens with zero attached hydrogens (tertiary/aromatic N) is 1. The van der Waals surface area contributed by atoms with Crippen molar-refractivity contribution in [2.45, 2.75) is 38.2 Å². The Morgan fingerprint density at radius 3 is 2.17 bits per heavy atom. The van der Waals surface area contributed by atoms with E-state index < -0.39 is 18.4 Å². The Balaban J connectivity index is 1.47. The molecule has 0 bridgehead atoms. The van der Waals surface area contributed by atoms with Crippen molar-refractivity contribution in [3.63, 3.8) is 0 Å². The summed E-state index contributed by atoms with van der Waals surface area (Å²) in [6.07, 6.45) is -1.31. The fourth-order valence-electron chi connectivity index (χ4n) is 3.56. The Kier molecular flexibility index (Phi) is 9.34. The van der Waals surface area contributed by atoms with Crippen molar-refractivity contribution in [3.8, 4) is 0 Å². The minimum absolute atomic E-state index is 0.0140. The molecule has 3 aromatic rings. The van der Waals surface area contributed by atoms with Crippen LogP contribution in [0.25, 0.3) is 0 Å². The van der Waals surface area contributed by atoms with Gasteiger partial charge in [0.2, 0.25) is 5.91 Å². The molecule has 0 saturated heterocycles. The van der Waals surface area contributed by atoms with E-state index in [1.54, 1.807) is 36.4 Å². The van der Waals surface area contributed by atoms with Crippen LogP contribution in [0.1, 0.15) is 23.1 Å². The molecular formula is C27H29FN2O5. The molecule has 0 fully saturated rings. The first kappa shape index (κ1) is 25.9. The molecule has 0 aliphatic heterocycles. The third-order valence-corrected chi connectivity index (χ3v) is 5.58. The third-order valence-electron chi connectivity index (χ3n) is 5.58. The highest BCUT2D eigenvalue weighted by Gasteiger charge is 2.26. The largest absolute Gasteiger partial charge is 0.445 e. The van der Waals surface area contributed by atoms with Crippen LogP contribution in [-0.4, -0.2) is 46.5 Å².